The number of nitrogens with zero attached hydrogens (tertiary/aromatic N) is 1. The Balaban J connectivity index is 2.83. The lowest BCUT2D eigenvalue weighted by Gasteiger charge is -2.21. The first-order chi connectivity index (χ1) is 7.15. The van der Waals surface area contributed by atoms with Gasteiger partial charge in [-0.2, -0.15) is 0 Å². The van der Waals surface area contributed by atoms with Crippen molar-refractivity contribution < 1.29 is 0 Å². The zero-order chi connectivity index (χ0) is 11.3. The summed E-state index contributed by atoms with van der Waals surface area (Å²) in [5.41, 5.74) is 6.99. The van der Waals surface area contributed by atoms with Gasteiger partial charge in [-0.25, -0.2) is 4.98 Å². The van der Waals surface area contributed by atoms with E-state index in [4.69, 9.17) is 5.73 Å². The van der Waals surface area contributed by atoms with Gasteiger partial charge in [0.05, 0.1) is 0 Å². The quantitative estimate of drug-likeness (QED) is 0.779. The van der Waals surface area contributed by atoms with Crippen molar-refractivity contribution in [3.8, 4) is 0 Å². The molecule has 1 heterocycles. The van der Waals surface area contributed by atoms with Crippen molar-refractivity contribution in [2.45, 2.75) is 33.2 Å². The van der Waals surface area contributed by atoms with E-state index in [0.717, 1.165) is 18.5 Å². The van der Waals surface area contributed by atoms with Gasteiger partial charge < -0.3 is 11.1 Å². The average Bonchev–Trinajstić information content (AvgIpc) is 2.17. The molecule has 3 nitrogen and oxygen atoms in total. The standard InChI is InChI=1S/C12H21N3/c1-4-14-11(8-9(2)3)10-6-5-7-15-12(10)13/h5-7,9,11,14H,4,8H2,1-3H3,(H2,13,15). The number of rotatable bonds is 5. The number of anilines is 1. The van der Waals surface area contributed by atoms with E-state index >= 15 is 0 Å². The largest absolute Gasteiger partial charge is 0.383 e. The maximum absolute atomic E-state index is 5.88. The van der Waals surface area contributed by atoms with Crippen LogP contribution in [0.1, 0.15) is 38.8 Å². The van der Waals surface area contributed by atoms with E-state index in [9.17, 15) is 0 Å². The lowest BCUT2D eigenvalue weighted by Crippen LogP contribution is -2.23. The minimum atomic E-state index is 0.323. The second-order valence-corrected chi connectivity index (χ2v) is 4.22. The molecule has 1 aromatic rings. The Labute approximate surface area is 92.1 Å². The summed E-state index contributed by atoms with van der Waals surface area (Å²) in [7, 11) is 0. The number of nitrogens with two attached hydrogens (primary N) is 1. The van der Waals surface area contributed by atoms with Gasteiger partial charge in [-0.3, -0.25) is 0 Å². The van der Waals surface area contributed by atoms with Crippen LogP contribution in [0.2, 0.25) is 0 Å². The van der Waals surface area contributed by atoms with Crippen molar-refractivity contribution in [3.05, 3.63) is 23.9 Å². The fourth-order valence-corrected chi connectivity index (χ4v) is 1.76. The molecular weight excluding hydrogens is 186 g/mol. The molecule has 1 rings (SSSR count). The molecule has 0 saturated heterocycles. The molecular formula is C12H21N3. The Morgan fingerprint density at radius 2 is 2.20 bits per heavy atom. The molecule has 0 saturated carbocycles. The Morgan fingerprint density at radius 1 is 1.47 bits per heavy atom. The van der Waals surface area contributed by atoms with Gasteiger partial charge in [0, 0.05) is 17.8 Å². The lowest BCUT2D eigenvalue weighted by atomic mass is 9.97. The van der Waals surface area contributed by atoms with Crippen molar-refractivity contribution in [2.75, 3.05) is 12.3 Å². The van der Waals surface area contributed by atoms with Gasteiger partial charge in [0.2, 0.25) is 0 Å². The number of nitrogens with one attached hydrogen (secondary N) is 1. The van der Waals surface area contributed by atoms with Crippen LogP contribution in [0.3, 0.4) is 0 Å². The van der Waals surface area contributed by atoms with E-state index in [1.165, 1.54) is 0 Å². The molecule has 0 spiro atoms. The second-order valence-electron chi connectivity index (χ2n) is 4.22. The Kier molecular flexibility index (Phi) is 4.56. The maximum atomic E-state index is 5.88. The highest BCUT2D eigenvalue weighted by Crippen LogP contribution is 2.24. The van der Waals surface area contributed by atoms with Crippen LogP contribution in [-0.4, -0.2) is 11.5 Å². The first kappa shape index (κ1) is 12.0. The van der Waals surface area contributed by atoms with E-state index < -0.39 is 0 Å². The van der Waals surface area contributed by atoms with Crippen LogP contribution in [0.25, 0.3) is 0 Å². The minimum Gasteiger partial charge on any atom is -0.383 e. The lowest BCUT2D eigenvalue weighted by molar-refractivity contribution is 0.439. The Bertz CT molecular complexity index is 297. The number of hydrogen-bond acceptors (Lipinski definition) is 3. The van der Waals surface area contributed by atoms with E-state index in [1.54, 1.807) is 6.20 Å². The van der Waals surface area contributed by atoms with Crippen LogP contribution in [0.5, 0.6) is 0 Å². The van der Waals surface area contributed by atoms with Crippen LogP contribution < -0.4 is 11.1 Å². The van der Waals surface area contributed by atoms with Gasteiger partial charge in [-0.15, -0.1) is 0 Å². The van der Waals surface area contributed by atoms with E-state index in [1.807, 2.05) is 6.07 Å². The molecule has 0 amide bonds. The highest BCUT2D eigenvalue weighted by molar-refractivity contribution is 5.40. The third kappa shape index (κ3) is 3.51. The van der Waals surface area contributed by atoms with Gasteiger partial charge >= 0.3 is 0 Å². The topological polar surface area (TPSA) is 50.9 Å². The SMILES string of the molecule is CCNC(CC(C)C)c1cccnc1N. The van der Waals surface area contributed by atoms with Crippen molar-refractivity contribution >= 4 is 5.82 Å². The summed E-state index contributed by atoms with van der Waals surface area (Å²) in [6.07, 6.45) is 2.82. The fraction of sp³-hybridized carbons (Fsp3) is 0.583. The predicted molar refractivity (Wildman–Crippen MR) is 64.5 cm³/mol. The fourth-order valence-electron chi connectivity index (χ4n) is 1.76. The molecule has 0 fully saturated rings. The predicted octanol–water partition coefficient (Wildman–Crippen LogP) is 2.36. The molecule has 0 bridgehead atoms. The molecule has 0 aliphatic heterocycles. The zero-order valence-electron chi connectivity index (χ0n) is 9.83. The van der Waals surface area contributed by atoms with Gasteiger partial charge in [-0.05, 0) is 24.9 Å². The smallest absolute Gasteiger partial charge is 0.128 e. The van der Waals surface area contributed by atoms with Crippen molar-refractivity contribution in [1.82, 2.24) is 10.3 Å². The molecule has 0 aliphatic rings. The summed E-state index contributed by atoms with van der Waals surface area (Å²) >= 11 is 0. The molecule has 3 heteroatoms. The van der Waals surface area contributed by atoms with Gasteiger partial charge in [0.15, 0.2) is 0 Å². The maximum Gasteiger partial charge on any atom is 0.128 e. The van der Waals surface area contributed by atoms with Crippen LogP contribution in [0.4, 0.5) is 5.82 Å². The van der Waals surface area contributed by atoms with Gasteiger partial charge in [-0.1, -0.05) is 26.8 Å². The molecule has 0 aliphatic carbocycles. The first-order valence-electron chi connectivity index (χ1n) is 5.59. The highest BCUT2D eigenvalue weighted by Gasteiger charge is 2.14. The summed E-state index contributed by atoms with van der Waals surface area (Å²) in [5, 5.41) is 3.45. The highest BCUT2D eigenvalue weighted by atomic mass is 14.9. The summed E-state index contributed by atoms with van der Waals surface area (Å²) in [6, 6.07) is 4.32. The Hall–Kier alpha value is -1.09. The van der Waals surface area contributed by atoms with Crippen molar-refractivity contribution in [2.24, 2.45) is 5.92 Å². The second kappa shape index (κ2) is 5.71. The summed E-state index contributed by atoms with van der Waals surface area (Å²) < 4.78 is 0. The van der Waals surface area contributed by atoms with Crippen LogP contribution >= 0.6 is 0 Å². The van der Waals surface area contributed by atoms with Crippen LogP contribution in [0.15, 0.2) is 18.3 Å². The van der Waals surface area contributed by atoms with Crippen molar-refractivity contribution in [3.63, 3.8) is 0 Å². The Morgan fingerprint density at radius 3 is 2.73 bits per heavy atom. The molecule has 1 unspecified atom stereocenters. The zero-order valence-corrected chi connectivity index (χ0v) is 9.83. The molecule has 1 aromatic heterocycles. The number of hydrogen-bond donors (Lipinski definition) is 2. The van der Waals surface area contributed by atoms with E-state index in [2.05, 4.69) is 37.1 Å². The average molecular weight is 207 g/mol. The molecule has 0 aromatic carbocycles. The molecule has 15 heavy (non-hydrogen) atoms. The number of aromatic nitrogens is 1. The van der Waals surface area contributed by atoms with E-state index in [-0.39, 0.29) is 0 Å². The monoisotopic (exact) mass is 207 g/mol. The molecule has 84 valence electrons. The minimum absolute atomic E-state index is 0.323. The summed E-state index contributed by atoms with van der Waals surface area (Å²) in [4.78, 5) is 4.13. The molecule has 3 N–H and O–H groups in total. The van der Waals surface area contributed by atoms with Crippen LogP contribution in [0, 0.1) is 5.92 Å². The normalized spacial score (nSPS) is 13.1. The summed E-state index contributed by atoms with van der Waals surface area (Å²) in [5.74, 6) is 1.29. The molecule has 1 atom stereocenters. The van der Waals surface area contributed by atoms with Gasteiger partial charge in [0.25, 0.3) is 0 Å². The number of nitrogen functional groups attached to an aromatic ring is 1. The van der Waals surface area contributed by atoms with Crippen molar-refractivity contribution in [1.29, 1.82) is 0 Å². The van der Waals surface area contributed by atoms with E-state index in [0.29, 0.717) is 17.8 Å². The third-order valence-electron chi connectivity index (χ3n) is 2.40. The summed E-state index contributed by atoms with van der Waals surface area (Å²) in [6.45, 7) is 7.50. The number of pyridine rings is 1. The molecule has 0 radical (unpaired) electrons. The van der Waals surface area contributed by atoms with Gasteiger partial charge in [0.1, 0.15) is 5.82 Å². The van der Waals surface area contributed by atoms with Crippen LogP contribution in [-0.2, 0) is 0 Å². The third-order valence-corrected chi connectivity index (χ3v) is 2.40. The first-order valence-corrected chi connectivity index (χ1v) is 5.59.